The molecule has 0 heterocycles. The molecule has 5 heteroatoms. The third-order valence-electron chi connectivity index (χ3n) is 3.26. The number of rotatable bonds is 6. The van der Waals surface area contributed by atoms with E-state index in [9.17, 15) is 9.59 Å². The summed E-state index contributed by atoms with van der Waals surface area (Å²) in [7, 11) is 0. The van der Waals surface area contributed by atoms with Crippen molar-refractivity contribution < 1.29 is 24.2 Å². The van der Waals surface area contributed by atoms with Crippen LogP contribution in [0.4, 0.5) is 0 Å². The van der Waals surface area contributed by atoms with Crippen LogP contribution in [0.25, 0.3) is 0 Å². The molecular weight excluding hydrogens is 236 g/mol. The monoisotopic (exact) mass is 258 g/mol. The van der Waals surface area contributed by atoms with Crippen molar-refractivity contribution in [1.29, 1.82) is 0 Å². The van der Waals surface area contributed by atoms with Gasteiger partial charge in [-0.3, -0.25) is 9.59 Å². The fourth-order valence-electron chi connectivity index (χ4n) is 1.80. The first kappa shape index (κ1) is 15.0. The number of aliphatic carboxylic acids is 1. The van der Waals surface area contributed by atoms with Gasteiger partial charge in [0.1, 0.15) is 0 Å². The van der Waals surface area contributed by atoms with Crippen molar-refractivity contribution in [3.8, 4) is 0 Å². The second-order valence-electron chi connectivity index (χ2n) is 5.22. The highest BCUT2D eigenvalue weighted by Crippen LogP contribution is 2.25. The first-order valence-electron chi connectivity index (χ1n) is 6.47. The van der Waals surface area contributed by atoms with Gasteiger partial charge >= 0.3 is 11.9 Å². The molecule has 0 bridgehead atoms. The molecule has 1 unspecified atom stereocenters. The van der Waals surface area contributed by atoms with E-state index in [1.54, 1.807) is 0 Å². The normalized spacial score (nSPS) is 18.6. The number of carboxylic acids is 1. The van der Waals surface area contributed by atoms with Crippen LogP contribution in [0.5, 0.6) is 0 Å². The van der Waals surface area contributed by atoms with Crippen LogP contribution in [0.3, 0.4) is 0 Å². The van der Waals surface area contributed by atoms with E-state index in [4.69, 9.17) is 14.6 Å². The molecule has 104 valence electrons. The van der Waals surface area contributed by atoms with Crippen LogP contribution < -0.4 is 0 Å². The molecule has 0 aromatic carbocycles. The van der Waals surface area contributed by atoms with Crippen LogP contribution in [0.15, 0.2) is 0 Å². The Hall–Kier alpha value is -1.10. The highest BCUT2D eigenvalue weighted by Gasteiger charge is 2.39. The molecule has 5 nitrogen and oxygen atoms in total. The fourth-order valence-corrected chi connectivity index (χ4v) is 1.80. The van der Waals surface area contributed by atoms with E-state index < -0.39 is 23.6 Å². The molecule has 1 N–H and O–H groups in total. The van der Waals surface area contributed by atoms with E-state index in [1.165, 1.54) is 13.8 Å². The van der Waals surface area contributed by atoms with E-state index in [2.05, 4.69) is 0 Å². The summed E-state index contributed by atoms with van der Waals surface area (Å²) in [6.45, 7) is 4.51. The Morgan fingerprint density at radius 2 is 1.89 bits per heavy atom. The van der Waals surface area contributed by atoms with Crippen LogP contribution in [0.1, 0.15) is 52.9 Å². The molecule has 0 saturated heterocycles. The Balaban J connectivity index is 2.51. The second-order valence-corrected chi connectivity index (χ2v) is 5.22. The molecule has 0 spiro atoms. The van der Waals surface area contributed by atoms with Gasteiger partial charge in [0.15, 0.2) is 5.41 Å². The average Bonchev–Trinajstić information content (AvgIpc) is 2.80. The SMILES string of the molecule is CCC(OC(=O)C(C)(C)C(=O)O)OC1CCCC1. The smallest absolute Gasteiger partial charge is 0.325 e. The number of esters is 1. The molecule has 0 amide bonds. The largest absolute Gasteiger partial charge is 0.480 e. The molecule has 1 rings (SSSR count). The van der Waals surface area contributed by atoms with E-state index in [1.807, 2.05) is 6.92 Å². The lowest BCUT2D eigenvalue weighted by Gasteiger charge is -2.24. The Morgan fingerprint density at radius 3 is 2.33 bits per heavy atom. The molecule has 0 aromatic rings. The van der Waals surface area contributed by atoms with Crippen molar-refractivity contribution in [2.24, 2.45) is 5.41 Å². The lowest BCUT2D eigenvalue weighted by atomic mass is 9.94. The van der Waals surface area contributed by atoms with Crippen molar-refractivity contribution >= 4 is 11.9 Å². The van der Waals surface area contributed by atoms with Gasteiger partial charge in [0, 0.05) is 6.42 Å². The van der Waals surface area contributed by atoms with Gasteiger partial charge in [-0.2, -0.15) is 0 Å². The van der Waals surface area contributed by atoms with Crippen molar-refractivity contribution in [2.45, 2.75) is 65.3 Å². The molecule has 18 heavy (non-hydrogen) atoms. The molecule has 0 radical (unpaired) electrons. The number of carboxylic acid groups (broad SMARTS) is 1. The van der Waals surface area contributed by atoms with Gasteiger partial charge in [0.25, 0.3) is 0 Å². The summed E-state index contributed by atoms with van der Waals surface area (Å²) in [5.74, 6) is -1.94. The van der Waals surface area contributed by atoms with Crippen LogP contribution >= 0.6 is 0 Å². The minimum absolute atomic E-state index is 0.135. The summed E-state index contributed by atoms with van der Waals surface area (Å²) in [6, 6.07) is 0. The maximum Gasteiger partial charge on any atom is 0.325 e. The highest BCUT2D eigenvalue weighted by molar-refractivity contribution is 5.98. The molecule has 0 aliphatic heterocycles. The van der Waals surface area contributed by atoms with Gasteiger partial charge in [-0.15, -0.1) is 0 Å². The van der Waals surface area contributed by atoms with Gasteiger partial charge < -0.3 is 14.6 Å². The third kappa shape index (κ3) is 3.70. The number of hydrogen-bond donors (Lipinski definition) is 1. The molecule has 1 saturated carbocycles. The summed E-state index contributed by atoms with van der Waals surface area (Å²) >= 11 is 0. The lowest BCUT2D eigenvalue weighted by molar-refractivity contribution is -0.201. The van der Waals surface area contributed by atoms with Crippen LogP contribution in [0.2, 0.25) is 0 Å². The van der Waals surface area contributed by atoms with Crippen molar-refractivity contribution in [2.75, 3.05) is 0 Å². The first-order valence-corrected chi connectivity index (χ1v) is 6.47. The summed E-state index contributed by atoms with van der Waals surface area (Å²) in [4.78, 5) is 22.7. The minimum atomic E-state index is -1.54. The van der Waals surface area contributed by atoms with Crippen molar-refractivity contribution in [3.05, 3.63) is 0 Å². The molecule has 1 aliphatic carbocycles. The molecule has 0 aromatic heterocycles. The summed E-state index contributed by atoms with van der Waals surface area (Å²) in [5, 5.41) is 8.94. The highest BCUT2D eigenvalue weighted by atomic mass is 16.7. The topological polar surface area (TPSA) is 72.8 Å². The van der Waals surface area contributed by atoms with Crippen LogP contribution in [0, 0.1) is 5.41 Å². The Labute approximate surface area is 107 Å². The molecule has 1 aliphatic rings. The first-order chi connectivity index (χ1) is 8.37. The van der Waals surface area contributed by atoms with Gasteiger partial charge in [-0.1, -0.05) is 19.8 Å². The standard InChI is InChI=1S/C13H22O5/c1-4-10(17-9-7-5-6-8-9)18-12(16)13(2,3)11(14)15/h9-10H,4-8H2,1-3H3,(H,14,15). The zero-order valence-corrected chi connectivity index (χ0v) is 11.3. The zero-order valence-electron chi connectivity index (χ0n) is 11.3. The third-order valence-corrected chi connectivity index (χ3v) is 3.26. The van der Waals surface area contributed by atoms with Gasteiger partial charge in [0.2, 0.25) is 6.29 Å². The molecule has 1 atom stereocenters. The summed E-state index contributed by atoms with van der Waals surface area (Å²) < 4.78 is 10.8. The second kappa shape index (κ2) is 6.18. The predicted molar refractivity (Wildman–Crippen MR) is 64.9 cm³/mol. The zero-order chi connectivity index (χ0) is 13.8. The van der Waals surface area contributed by atoms with Crippen molar-refractivity contribution in [3.63, 3.8) is 0 Å². The van der Waals surface area contributed by atoms with E-state index >= 15 is 0 Å². The Morgan fingerprint density at radius 1 is 1.33 bits per heavy atom. The quantitative estimate of drug-likeness (QED) is 0.449. The van der Waals surface area contributed by atoms with Crippen LogP contribution in [-0.2, 0) is 19.1 Å². The Bertz CT molecular complexity index is 305. The van der Waals surface area contributed by atoms with Gasteiger partial charge in [-0.05, 0) is 26.7 Å². The minimum Gasteiger partial charge on any atom is -0.480 e. The fraction of sp³-hybridized carbons (Fsp3) is 0.846. The number of carbonyl (C=O) groups excluding carboxylic acids is 1. The lowest BCUT2D eigenvalue weighted by Crippen LogP contribution is -2.38. The summed E-state index contributed by atoms with van der Waals surface area (Å²) in [5.41, 5.74) is -1.54. The van der Waals surface area contributed by atoms with E-state index in [0.717, 1.165) is 25.7 Å². The van der Waals surface area contributed by atoms with E-state index in [-0.39, 0.29) is 6.10 Å². The average molecular weight is 258 g/mol. The molecule has 1 fully saturated rings. The van der Waals surface area contributed by atoms with Gasteiger partial charge in [-0.25, -0.2) is 0 Å². The maximum absolute atomic E-state index is 11.8. The Kier molecular flexibility index (Phi) is 5.14. The number of carbonyl (C=O) groups is 2. The van der Waals surface area contributed by atoms with E-state index in [0.29, 0.717) is 6.42 Å². The maximum atomic E-state index is 11.8. The number of hydrogen-bond acceptors (Lipinski definition) is 4. The van der Waals surface area contributed by atoms with Crippen molar-refractivity contribution in [1.82, 2.24) is 0 Å². The van der Waals surface area contributed by atoms with Crippen LogP contribution in [-0.4, -0.2) is 29.4 Å². The van der Waals surface area contributed by atoms with Gasteiger partial charge in [0.05, 0.1) is 6.10 Å². The summed E-state index contributed by atoms with van der Waals surface area (Å²) in [6.07, 6.45) is 4.26. The predicted octanol–water partition coefficient (Wildman–Crippen LogP) is 2.34. The number of ether oxygens (including phenoxy) is 2. The molecular formula is C13H22O5.